The van der Waals surface area contributed by atoms with Gasteiger partial charge in [-0.05, 0) is 52.8 Å². The van der Waals surface area contributed by atoms with Gasteiger partial charge >= 0.3 is 0 Å². The van der Waals surface area contributed by atoms with Crippen molar-refractivity contribution >= 4 is 16.5 Å². The van der Waals surface area contributed by atoms with E-state index in [0.717, 1.165) is 13.0 Å². The van der Waals surface area contributed by atoms with E-state index in [4.69, 9.17) is 0 Å². The summed E-state index contributed by atoms with van der Waals surface area (Å²) in [5.41, 5.74) is 5.62. The smallest absolute Gasteiger partial charge is 0.0372 e. The largest absolute Gasteiger partial charge is 0.385 e. The van der Waals surface area contributed by atoms with Crippen LogP contribution in [0.1, 0.15) is 23.1 Å². The zero-order chi connectivity index (χ0) is 14.1. The third kappa shape index (κ3) is 2.40. The molecule has 0 aliphatic carbocycles. The lowest BCUT2D eigenvalue weighted by atomic mass is 9.95. The molecule has 0 atom stereocenters. The molecule has 1 heterocycles. The van der Waals surface area contributed by atoms with Gasteiger partial charge in [-0.3, -0.25) is 0 Å². The quantitative estimate of drug-likeness (QED) is 0.708. The lowest BCUT2D eigenvalue weighted by Gasteiger charge is -2.19. The van der Waals surface area contributed by atoms with E-state index in [2.05, 4.69) is 66.0 Å². The molecule has 3 aromatic carbocycles. The first-order valence-electron chi connectivity index (χ1n) is 7.72. The van der Waals surface area contributed by atoms with Crippen molar-refractivity contribution in [3.63, 3.8) is 0 Å². The molecule has 1 aliphatic rings. The monoisotopic (exact) mass is 273 g/mol. The SMILES string of the molecule is c1ccc2c(Cc3ccc4c(c3)CCCN4)cccc2c1. The molecule has 104 valence electrons. The summed E-state index contributed by atoms with van der Waals surface area (Å²) in [6.45, 7) is 1.11. The minimum atomic E-state index is 1.01. The van der Waals surface area contributed by atoms with Crippen LogP contribution in [0.2, 0.25) is 0 Å². The van der Waals surface area contributed by atoms with E-state index in [1.807, 2.05) is 0 Å². The van der Waals surface area contributed by atoms with Crippen LogP contribution in [0.5, 0.6) is 0 Å². The van der Waals surface area contributed by atoms with Crippen LogP contribution in [0.15, 0.2) is 60.7 Å². The summed E-state index contributed by atoms with van der Waals surface area (Å²) in [6.07, 6.45) is 3.45. The predicted octanol–water partition coefficient (Wildman–Crippen LogP) is 4.79. The highest BCUT2D eigenvalue weighted by atomic mass is 14.9. The molecule has 1 nitrogen and oxygen atoms in total. The molecule has 3 aromatic rings. The summed E-state index contributed by atoms with van der Waals surface area (Å²) in [5, 5.41) is 6.18. The Balaban J connectivity index is 1.71. The van der Waals surface area contributed by atoms with E-state index in [1.54, 1.807) is 0 Å². The second-order valence-corrected chi connectivity index (χ2v) is 5.84. The molecule has 0 aromatic heterocycles. The average molecular weight is 273 g/mol. The maximum Gasteiger partial charge on any atom is 0.0372 e. The molecule has 0 unspecified atom stereocenters. The van der Waals surface area contributed by atoms with Gasteiger partial charge in [0.2, 0.25) is 0 Å². The van der Waals surface area contributed by atoms with E-state index >= 15 is 0 Å². The molecule has 0 saturated heterocycles. The number of hydrogen-bond acceptors (Lipinski definition) is 1. The van der Waals surface area contributed by atoms with Crippen LogP contribution in [-0.4, -0.2) is 6.54 Å². The summed E-state index contributed by atoms with van der Waals surface area (Å²) in [5.74, 6) is 0. The average Bonchev–Trinajstić information content (AvgIpc) is 2.55. The van der Waals surface area contributed by atoms with Crippen LogP contribution in [0, 0.1) is 0 Å². The van der Waals surface area contributed by atoms with Gasteiger partial charge in [0.05, 0.1) is 0 Å². The maximum absolute atomic E-state index is 3.48. The van der Waals surface area contributed by atoms with Crippen LogP contribution >= 0.6 is 0 Å². The highest BCUT2D eigenvalue weighted by Crippen LogP contribution is 2.26. The van der Waals surface area contributed by atoms with Crippen molar-refractivity contribution in [1.29, 1.82) is 0 Å². The lowest BCUT2D eigenvalue weighted by molar-refractivity contribution is 0.828. The Kier molecular flexibility index (Phi) is 3.11. The van der Waals surface area contributed by atoms with E-state index < -0.39 is 0 Å². The minimum absolute atomic E-state index is 1.01. The molecule has 1 heteroatoms. The van der Waals surface area contributed by atoms with E-state index in [0.29, 0.717) is 0 Å². The molecule has 21 heavy (non-hydrogen) atoms. The Labute approximate surface area is 125 Å². The molecule has 4 rings (SSSR count). The topological polar surface area (TPSA) is 12.0 Å². The predicted molar refractivity (Wildman–Crippen MR) is 90.0 cm³/mol. The number of aryl methyl sites for hydroxylation is 1. The van der Waals surface area contributed by atoms with Gasteiger partial charge in [0.1, 0.15) is 0 Å². The van der Waals surface area contributed by atoms with Gasteiger partial charge < -0.3 is 5.32 Å². The van der Waals surface area contributed by atoms with Crippen LogP contribution in [0.25, 0.3) is 10.8 Å². The third-order valence-corrected chi connectivity index (χ3v) is 4.38. The highest BCUT2D eigenvalue weighted by molar-refractivity contribution is 5.85. The molecule has 0 spiro atoms. The summed E-state index contributed by atoms with van der Waals surface area (Å²) >= 11 is 0. The van der Waals surface area contributed by atoms with Gasteiger partial charge in [-0.1, -0.05) is 54.6 Å². The number of rotatable bonds is 2. The highest BCUT2D eigenvalue weighted by Gasteiger charge is 2.09. The van der Waals surface area contributed by atoms with Gasteiger partial charge in [-0.15, -0.1) is 0 Å². The van der Waals surface area contributed by atoms with Crippen molar-refractivity contribution in [2.45, 2.75) is 19.3 Å². The third-order valence-electron chi connectivity index (χ3n) is 4.38. The van der Waals surface area contributed by atoms with Crippen LogP contribution < -0.4 is 5.32 Å². The first-order valence-corrected chi connectivity index (χ1v) is 7.72. The Morgan fingerprint density at radius 2 is 1.81 bits per heavy atom. The molecule has 1 N–H and O–H groups in total. The van der Waals surface area contributed by atoms with Crippen LogP contribution in [-0.2, 0) is 12.8 Å². The Morgan fingerprint density at radius 3 is 2.81 bits per heavy atom. The lowest BCUT2D eigenvalue weighted by Crippen LogP contribution is -2.11. The van der Waals surface area contributed by atoms with Gasteiger partial charge in [-0.25, -0.2) is 0 Å². The fourth-order valence-corrected chi connectivity index (χ4v) is 3.30. The molecule has 0 radical (unpaired) electrons. The fraction of sp³-hybridized carbons (Fsp3) is 0.200. The van der Waals surface area contributed by atoms with Crippen molar-refractivity contribution in [3.05, 3.63) is 77.4 Å². The standard InChI is InChI=1S/C20H19N/c1-2-9-19-16(5-1)6-3-7-17(19)13-15-10-11-20-18(14-15)8-4-12-21-20/h1-3,5-7,9-11,14,21H,4,8,12-13H2. The van der Waals surface area contributed by atoms with E-state index in [-0.39, 0.29) is 0 Å². The number of fused-ring (bicyclic) bond motifs is 2. The maximum atomic E-state index is 3.48. The Bertz CT molecular complexity index is 783. The molecule has 0 saturated carbocycles. The molecular formula is C20H19N. The van der Waals surface area contributed by atoms with Crippen LogP contribution in [0.3, 0.4) is 0 Å². The van der Waals surface area contributed by atoms with Gasteiger partial charge in [0.25, 0.3) is 0 Å². The number of anilines is 1. The summed E-state index contributed by atoms with van der Waals surface area (Å²) < 4.78 is 0. The van der Waals surface area contributed by atoms with Crippen molar-refractivity contribution in [2.24, 2.45) is 0 Å². The zero-order valence-corrected chi connectivity index (χ0v) is 12.1. The van der Waals surface area contributed by atoms with Crippen molar-refractivity contribution in [2.75, 3.05) is 11.9 Å². The molecule has 1 aliphatic heterocycles. The summed E-state index contributed by atoms with van der Waals surface area (Å²) in [7, 11) is 0. The Morgan fingerprint density at radius 1 is 0.905 bits per heavy atom. The van der Waals surface area contributed by atoms with Crippen LogP contribution in [0.4, 0.5) is 5.69 Å². The van der Waals surface area contributed by atoms with E-state index in [9.17, 15) is 0 Å². The summed E-state index contributed by atoms with van der Waals surface area (Å²) in [4.78, 5) is 0. The van der Waals surface area contributed by atoms with Gasteiger partial charge in [0, 0.05) is 12.2 Å². The molecule has 0 fully saturated rings. The zero-order valence-electron chi connectivity index (χ0n) is 12.1. The normalized spacial score (nSPS) is 13.7. The first-order chi connectivity index (χ1) is 10.4. The van der Waals surface area contributed by atoms with Gasteiger partial charge in [-0.2, -0.15) is 0 Å². The summed E-state index contributed by atoms with van der Waals surface area (Å²) in [6, 6.07) is 22.1. The Hall–Kier alpha value is -2.28. The first kappa shape index (κ1) is 12.5. The van der Waals surface area contributed by atoms with Crippen molar-refractivity contribution in [1.82, 2.24) is 0 Å². The number of nitrogens with one attached hydrogen (secondary N) is 1. The van der Waals surface area contributed by atoms with Crippen molar-refractivity contribution in [3.8, 4) is 0 Å². The van der Waals surface area contributed by atoms with Gasteiger partial charge in [0.15, 0.2) is 0 Å². The molecule has 0 amide bonds. The fourth-order valence-electron chi connectivity index (χ4n) is 3.30. The molecular weight excluding hydrogens is 254 g/mol. The second-order valence-electron chi connectivity index (χ2n) is 5.84. The number of hydrogen-bond donors (Lipinski definition) is 1. The van der Waals surface area contributed by atoms with E-state index in [1.165, 1.54) is 46.0 Å². The number of benzene rings is 3. The van der Waals surface area contributed by atoms with Crippen molar-refractivity contribution < 1.29 is 0 Å². The second kappa shape index (κ2) is 5.25. The molecule has 0 bridgehead atoms. The minimum Gasteiger partial charge on any atom is -0.385 e.